The molecule has 0 fully saturated rings. The van der Waals surface area contributed by atoms with Crippen molar-refractivity contribution < 1.29 is 14.4 Å². The summed E-state index contributed by atoms with van der Waals surface area (Å²) in [5.74, 6) is -0.484. The lowest BCUT2D eigenvalue weighted by Crippen LogP contribution is -2.21. The van der Waals surface area contributed by atoms with Gasteiger partial charge in [-0.3, -0.25) is 0 Å². The van der Waals surface area contributed by atoms with Gasteiger partial charge >= 0.3 is 5.97 Å². The molecular formula is C13H17NO3. The van der Waals surface area contributed by atoms with E-state index in [-0.39, 0.29) is 0 Å². The molecule has 0 saturated heterocycles. The Morgan fingerprint density at radius 3 is 2.53 bits per heavy atom. The molecule has 0 bridgehead atoms. The van der Waals surface area contributed by atoms with Crippen LogP contribution in [0.3, 0.4) is 0 Å². The standard InChI is InChI=1S/C13H17NO3/c1-10(2)14-17-13(15)11(3)16-9-12-7-5-4-6-8-12/h4-8,11H,9H2,1-3H3/t11-/m0/s1. The van der Waals surface area contributed by atoms with E-state index in [1.54, 1.807) is 20.8 Å². The van der Waals surface area contributed by atoms with Crippen molar-refractivity contribution >= 4 is 11.7 Å². The minimum absolute atomic E-state index is 0.381. The fourth-order valence-electron chi connectivity index (χ4n) is 1.07. The SMILES string of the molecule is CC(C)=NOC(=O)[C@H](C)OCc1ccccc1. The second kappa shape index (κ2) is 6.81. The maximum Gasteiger partial charge on any atom is 0.363 e. The zero-order valence-corrected chi connectivity index (χ0v) is 10.3. The van der Waals surface area contributed by atoms with E-state index in [2.05, 4.69) is 9.99 Å². The highest BCUT2D eigenvalue weighted by molar-refractivity contribution is 5.80. The molecule has 1 rings (SSSR count). The van der Waals surface area contributed by atoms with Gasteiger partial charge in [-0.1, -0.05) is 35.5 Å². The monoisotopic (exact) mass is 235 g/mol. The Hall–Kier alpha value is -1.68. The molecule has 0 amide bonds. The average Bonchev–Trinajstić information content (AvgIpc) is 2.34. The van der Waals surface area contributed by atoms with Crippen LogP contribution in [0.2, 0.25) is 0 Å². The molecule has 92 valence electrons. The Kier molecular flexibility index (Phi) is 5.36. The zero-order chi connectivity index (χ0) is 12.7. The topological polar surface area (TPSA) is 47.9 Å². The third-order valence-corrected chi connectivity index (χ3v) is 1.99. The molecule has 0 aliphatic heterocycles. The highest BCUT2D eigenvalue weighted by Crippen LogP contribution is 2.04. The van der Waals surface area contributed by atoms with Crippen LogP contribution in [0.15, 0.2) is 35.5 Å². The number of carbonyl (C=O) groups excluding carboxylic acids is 1. The predicted molar refractivity (Wildman–Crippen MR) is 65.6 cm³/mol. The number of carbonyl (C=O) groups is 1. The second-order valence-electron chi connectivity index (χ2n) is 3.89. The van der Waals surface area contributed by atoms with Gasteiger partial charge in [0.2, 0.25) is 0 Å². The molecule has 4 heteroatoms. The van der Waals surface area contributed by atoms with E-state index in [1.807, 2.05) is 30.3 Å². The summed E-state index contributed by atoms with van der Waals surface area (Å²) in [4.78, 5) is 16.1. The van der Waals surface area contributed by atoms with Crippen molar-refractivity contribution in [1.82, 2.24) is 0 Å². The van der Waals surface area contributed by atoms with Crippen molar-refractivity contribution in [2.75, 3.05) is 0 Å². The van der Waals surface area contributed by atoms with Gasteiger partial charge in [0, 0.05) is 0 Å². The predicted octanol–water partition coefficient (Wildman–Crippen LogP) is 2.53. The number of rotatable bonds is 5. The smallest absolute Gasteiger partial charge is 0.362 e. The van der Waals surface area contributed by atoms with E-state index in [9.17, 15) is 4.79 Å². The minimum atomic E-state index is -0.627. The van der Waals surface area contributed by atoms with E-state index in [4.69, 9.17) is 4.74 Å². The lowest BCUT2D eigenvalue weighted by molar-refractivity contribution is -0.156. The van der Waals surface area contributed by atoms with Crippen LogP contribution in [0, 0.1) is 0 Å². The van der Waals surface area contributed by atoms with Crippen molar-refractivity contribution in [2.45, 2.75) is 33.5 Å². The molecule has 0 aliphatic rings. The van der Waals surface area contributed by atoms with E-state index in [0.717, 1.165) is 5.56 Å². The number of nitrogens with zero attached hydrogens (tertiary/aromatic N) is 1. The summed E-state index contributed by atoms with van der Waals surface area (Å²) in [6.45, 7) is 5.53. The van der Waals surface area contributed by atoms with Gasteiger partial charge in [0.25, 0.3) is 0 Å². The van der Waals surface area contributed by atoms with Crippen LogP contribution in [0.5, 0.6) is 0 Å². The third kappa shape index (κ3) is 5.26. The van der Waals surface area contributed by atoms with Gasteiger partial charge in [-0.2, -0.15) is 0 Å². The summed E-state index contributed by atoms with van der Waals surface area (Å²) in [6, 6.07) is 9.65. The first-order chi connectivity index (χ1) is 8.09. The van der Waals surface area contributed by atoms with Gasteiger partial charge in [-0.05, 0) is 26.3 Å². The van der Waals surface area contributed by atoms with Gasteiger partial charge in [-0.15, -0.1) is 0 Å². The molecule has 0 N–H and O–H groups in total. The normalized spacial score (nSPS) is 11.7. The van der Waals surface area contributed by atoms with E-state index >= 15 is 0 Å². The molecule has 0 aromatic heterocycles. The lowest BCUT2D eigenvalue weighted by atomic mass is 10.2. The molecule has 1 atom stereocenters. The average molecular weight is 235 g/mol. The van der Waals surface area contributed by atoms with Crippen LogP contribution in [0.4, 0.5) is 0 Å². The van der Waals surface area contributed by atoms with Crippen LogP contribution < -0.4 is 0 Å². The summed E-state index contributed by atoms with van der Waals surface area (Å²) >= 11 is 0. The van der Waals surface area contributed by atoms with E-state index in [1.165, 1.54) is 0 Å². The Morgan fingerprint density at radius 1 is 1.29 bits per heavy atom. The molecule has 0 unspecified atom stereocenters. The van der Waals surface area contributed by atoms with Crippen LogP contribution >= 0.6 is 0 Å². The largest absolute Gasteiger partial charge is 0.363 e. The summed E-state index contributed by atoms with van der Waals surface area (Å²) < 4.78 is 5.38. The molecule has 4 nitrogen and oxygen atoms in total. The fourth-order valence-corrected chi connectivity index (χ4v) is 1.07. The van der Waals surface area contributed by atoms with Crippen LogP contribution in [-0.2, 0) is 21.0 Å². The summed E-state index contributed by atoms with van der Waals surface area (Å²) in [5.41, 5.74) is 1.70. The first-order valence-corrected chi connectivity index (χ1v) is 5.47. The Balaban J connectivity index is 2.37. The van der Waals surface area contributed by atoms with E-state index < -0.39 is 12.1 Å². The summed E-state index contributed by atoms with van der Waals surface area (Å²) in [5, 5.41) is 3.59. The second-order valence-corrected chi connectivity index (χ2v) is 3.89. The molecule has 0 saturated carbocycles. The Morgan fingerprint density at radius 2 is 1.94 bits per heavy atom. The first kappa shape index (κ1) is 13.4. The Bertz CT molecular complexity index is 383. The van der Waals surface area contributed by atoms with Crippen molar-refractivity contribution in [3.05, 3.63) is 35.9 Å². The van der Waals surface area contributed by atoms with E-state index in [0.29, 0.717) is 12.3 Å². The van der Waals surface area contributed by atoms with Crippen molar-refractivity contribution in [3.8, 4) is 0 Å². The van der Waals surface area contributed by atoms with Gasteiger partial charge in [0.15, 0.2) is 6.10 Å². The first-order valence-electron chi connectivity index (χ1n) is 5.47. The zero-order valence-electron chi connectivity index (χ0n) is 10.3. The lowest BCUT2D eigenvalue weighted by Gasteiger charge is -2.09. The number of benzene rings is 1. The molecule has 1 aromatic carbocycles. The third-order valence-electron chi connectivity index (χ3n) is 1.99. The van der Waals surface area contributed by atoms with Gasteiger partial charge in [0.1, 0.15) is 0 Å². The van der Waals surface area contributed by atoms with Crippen molar-refractivity contribution in [1.29, 1.82) is 0 Å². The molecule has 0 aliphatic carbocycles. The maximum absolute atomic E-state index is 11.4. The quantitative estimate of drug-likeness (QED) is 0.447. The van der Waals surface area contributed by atoms with Gasteiger partial charge in [-0.25, -0.2) is 4.79 Å². The molecule has 0 radical (unpaired) electrons. The van der Waals surface area contributed by atoms with Gasteiger partial charge in [0.05, 0.1) is 12.3 Å². The van der Waals surface area contributed by atoms with Gasteiger partial charge < -0.3 is 9.57 Å². The molecule has 0 spiro atoms. The van der Waals surface area contributed by atoms with Crippen LogP contribution in [-0.4, -0.2) is 17.8 Å². The maximum atomic E-state index is 11.4. The highest BCUT2D eigenvalue weighted by atomic mass is 16.7. The molecule has 17 heavy (non-hydrogen) atoms. The minimum Gasteiger partial charge on any atom is -0.362 e. The molecule has 0 heterocycles. The number of hydrogen-bond acceptors (Lipinski definition) is 4. The Labute approximate surface area is 101 Å². The molecule has 1 aromatic rings. The van der Waals surface area contributed by atoms with Crippen LogP contribution in [0.1, 0.15) is 26.3 Å². The number of ether oxygens (including phenoxy) is 1. The van der Waals surface area contributed by atoms with Crippen molar-refractivity contribution in [3.63, 3.8) is 0 Å². The summed E-state index contributed by atoms with van der Waals surface area (Å²) in [6.07, 6.45) is -0.627. The molecular weight excluding hydrogens is 218 g/mol. The number of oxime groups is 1. The highest BCUT2D eigenvalue weighted by Gasteiger charge is 2.15. The summed E-state index contributed by atoms with van der Waals surface area (Å²) in [7, 11) is 0. The van der Waals surface area contributed by atoms with Crippen LogP contribution in [0.25, 0.3) is 0 Å². The van der Waals surface area contributed by atoms with Crippen molar-refractivity contribution in [2.24, 2.45) is 5.16 Å². The number of hydrogen-bond donors (Lipinski definition) is 0. The fraction of sp³-hybridized carbons (Fsp3) is 0.385.